The van der Waals surface area contributed by atoms with Crippen molar-refractivity contribution < 1.29 is 13.2 Å². The van der Waals surface area contributed by atoms with Crippen molar-refractivity contribution >= 4 is 17.6 Å². The molecule has 0 bridgehead atoms. The number of nitrogens with zero attached hydrogens (tertiary/aromatic N) is 2. The summed E-state index contributed by atoms with van der Waals surface area (Å²) in [5, 5.41) is 2.46. The van der Waals surface area contributed by atoms with Gasteiger partial charge in [-0.05, 0) is 13.0 Å². The van der Waals surface area contributed by atoms with E-state index in [9.17, 15) is 13.2 Å². The smallest absolute Gasteiger partial charge is 0.340 e. The number of guanidine groups is 1. The van der Waals surface area contributed by atoms with E-state index in [2.05, 4.69) is 16.9 Å². The Hall–Kier alpha value is -1.17. The Morgan fingerprint density at radius 2 is 2.25 bits per heavy atom. The summed E-state index contributed by atoms with van der Waals surface area (Å²) in [6.45, 7) is 4.46. The number of nitrogens with one attached hydrogen (secondary N) is 1. The zero-order valence-corrected chi connectivity index (χ0v) is 9.15. The van der Waals surface area contributed by atoms with Crippen molar-refractivity contribution in [2.45, 2.75) is 18.6 Å². The summed E-state index contributed by atoms with van der Waals surface area (Å²) in [6.07, 6.45) is -2.94. The second kappa shape index (κ2) is 3.16. The minimum absolute atomic E-state index is 0.0947. The Morgan fingerprint density at radius 1 is 1.62 bits per heavy atom. The van der Waals surface area contributed by atoms with Gasteiger partial charge in [0.05, 0.1) is 6.54 Å². The molecule has 0 aromatic rings. The monoisotopic (exact) mass is 251 g/mol. The molecule has 0 aromatic heterocycles. The molecule has 0 aromatic carbocycles. The Balaban J connectivity index is 2.34. The zero-order chi connectivity index (χ0) is 12.1. The highest BCUT2D eigenvalue weighted by molar-refractivity contribution is 6.30. The highest BCUT2D eigenvalue weighted by Gasteiger charge is 2.57. The van der Waals surface area contributed by atoms with Crippen LogP contribution in [0.15, 0.2) is 28.5 Å². The minimum Gasteiger partial charge on any atom is -0.340 e. The summed E-state index contributed by atoms with van der Waals surface area (Å²) < 4.78 is 38.4. The van der Waals surface area contributed by atoms with E-state index in [0.29, 0.717) is 5.70 Å². The van der Waals surface area contributed by atoms with Gasteiger partial charge in [-0.15, -0.1) is 0 Å². The first-order valence-corrected chi connectivity index (χ1v) is 4.88. The van der Waals surface area contributed by atoms with Crippen molar-refractivity contribution in [1.29, 1.82) is 0 Å². The molecule has 3 nitrogen and oxygen atoms in total. The second-order valence-corrected chi connectivity index (χ2v) is 4.32. The fourth-order valence-electron chi connectivity index (χ4n) is 1.58. The predicted octanol–water partition coefficient (Wildman–Crippen LogP) is 2.18. The standard InChI is InChI=1S/C9H9ClF3N3/c1-5-3-6(10)14-7-15-8(2,4-16(5)7)9(11,12)13/h3H,1,4H2,2H3,(H,14,15)/t8-/m1/s1. The zero-order valence-electron chi connectivity index (χ0n) is 8.40. The summed E-state index contributed by atoms with van der Waals surface area (Å²) in [5.74, 6) is 0.0947. The largest absolute Gasteiger partial charge is 0.412 e. The molecule has 2 aliphatic heterocycles. The van der Waals surface area contributed by atoms with Crippen molar-refractivity contribution in [3.05, 3.63) is 23.5 Å². The Morgan fingerprint density at radius 3 is 2.81 bits per heavy atom. The lowest BCUT2D eigenvalue weighted by atomic mass is 10.0. The summed E-state index contributed by atoms with van der Waals surface area (Å²) in [5.41, 5.74) is -1.63. The average molecular weight is 252 g/mol. The molecule has 16 heavy (non-hydrogen) atoms. The lowest BCUT2D eigenvalue weighted by Crippen LogP contribution is -2.53. The molecule has 2 heterocycles. The highest BCUT2D eigenvalue weighted by Crippen LogP contribution is 2.36. The molecule has 0 aliphatic carbocycles. The molecule has 2 rings (SSSR count). The first-order valence-electron chi connectivity index (χ1n) is 4.50. The van der Waals surface area contributed by atoms with Gasteiger partial charge in [-0.25, -0.2) is 4.99 Å². The van der Waals surface area contributed by atoms with Crippen molar-refractivity contribution in [2.75, 3.05) is 6.54 Å². The van der Waals surface area contributed by atoms with Crippen molar-refractivity contribution in [2.24, 2.45) is 4.99 Å². The van der Waals surface area contributed by atoms with E-state index in [1.807, 2.05) is 0 Å². The van der Waals surface area contributed by atoms with Gasteiger partial charge < -0.3 is 10.2 Å². The number of allylic oxidation sites excluding steroid dienone is 1. The number of hydrogen-bond acceptors (Lipinski definition) is 3. The van der Waals surface area contributed by atoms with E-state index in [0.717, 1.165) is 6.92 Å². The summed E-state index contributed by atoms with van der Waals surface area (Å²) in [4.78, 5) is 5.16. The molecule has 0 amide bonds. The highest BCUT2D eigenvalue weighted by atomic mass is 35.5. The molecule has 0 spiro atoms. The van der Waals surface area contributed by atoms with Crippen LogP contribution in [0.3, 0.4) is 0 Å². The molecule has 1 atom stereocenters. The number of rotatable bonds is 0. The van der Waals surface area contributed by atoms with Gasteiger partial charge in [0, 0.05) is 5.70 Å². The molecule has 7 heteroatoms. The quantitative estimate of drug-likeness (QED) is 0.668. The van der Waals surface area contributed by atoms with Crippen LogP contribution in [0.2, 0.25) is 0 Å². The van der Waals surface area contributed by atoms with Gasteiger partial charge in [0.25, 0.3) is 0 Å². The van der Waals surface area contributed by atoms with E-state index in [-0.39, 0.29) is 17.7 Å². The van der Waals surface area contributed by atoms with E-state index < -0.39 is 11.7 Å². The van der Waals surface area contributed by atoms with Crippen molar-refractivity contribution in [1.82, 2.24) is 10.2 Å². The summed E-state index contributed by atoms with van der Waals surface area (Å²) in [7, 11) is 0. The Bertz CT molecular complexity index is 413. The topological polar surface area (TPSA) is 27.6 Å². The third-order valence-corrected chi connectivity index (χ3v) is 2.78. The van der Waals surface area contributed by atoms with Gasteiger partial charge in [-0.1, -0.05) is 18.2 Å². The van der Waals surface area contributed by atoms with E-state index in [4.69, 9.17) is 11.6 Å². The van der Waals surface area contributed by atoms with Crippen LogP contribution < -0.4 is 5.32 Å². The van der Waals surface area contributed by atoms with Gasteiger partial charge in [0.15, 0.2) is 5.54 Å². The number of fused-ring (bicyclic) bond motifs is 1. The average Bonchev–Trinajstić information content (AvgIpc) is 2.42. The van der Waals surface area contributed by atoms with Crippen LogP contribution in [-0.2, 0) is 0 Å². The van der Waals surface area contributed by atoms with E-state index >= 15 is 0 Å². The molecular weight excluding hydrogens is 243 g/mol. The predicted molar refractivity (Wildman–Crippen MR) is 54.8 cm³/mol. The summed E-state index contributed by atoms with van der Waals surface area (Å²) in [6, 6.07) is 0. The van der Waals surface area contributed by atoms with Crippen molar-refractivity contribution in [3.8, 4) is 0 Å². The van der Waals surface area contributed by atoms with E-state index in [1.54, 1.807) is 0 Å². The van der Waals surface area contributed by atoms with E-state index in [1.165, 1.54) is 11.0 Å². The number of alkyl halides is 3. The molecular formula is C9H9ClF3N3. The molecule has 1 N–H and O–H groups in total. The Kier molecular flexibility index (Phi) is 2.24. The normalized spacial score (nSPS) is 29.6. The molecule has 2 aliphatic rings. The van der Waals surface area contributed by atoms with Gasteiger partial charge in [-0.3, -0.25) is 0 Å². The van der Waals surface area contributed by atoms with Gasteiger partial charge >= 0.3 is 6.18 Å². The van der Waals surface area contributed by atoms with Crippen LogP contribution >= 0.6 is 11.6 Å². The van der Waals surface area contributed by atoms with Gasteiger partial charge in [0.2, 0.25) is 5.96 Å². The SMILES string of the molecule is C=C1C=C(Cl)N=C2N[C@@](C)(C(F)(F)F)CN12. The van der Waals surface area contributed by atoms with Crippen LogP contribution in [0, 0.1) is 0 Å². The van der Waals surface area contributed by atoms with Gasteiger partial charge in [-0.2, -0.15) is 13.2 Å². The number of halogens is 4. The molecule has 0 unspecified atom stereocenters. The van der Waals surface area contributed by atoms with Crippen LogP contribution in [0.5, 0.6) is 0 Å². The maximum atomic E-state index is 12.8. The lowest BCUT2D eigenvalue weighted by Gasteiger charge is -2.26. The fraction of sp³-hybridized carbons (Fsp3) is 0.444. The van der Waals surface area contributed by atoms with Crippen LogP contribution in [0.25, 0.3) is 0 Å². The third kappa shape index (κ3) is 1.57. The minimum atomic E-state index is -4.36. The third-order valence-electron chi connectivity index (χ3n) is 2.59. The first-order chi connectivity index (χ1) is 7.23. The lowest BCUT2D eigenvalue weighted by molar-refractivity contribution is -0.183. The number of aliphatic imine (C=N–C) groups is 1. The molecule has 88 valence electrons. The summed E-state index contributed by atoms with van der Waals surface area (Å²) >= 11 is 5.65. The van der Waals surface area contributed by atoms with Crippen molar-refractivity contribution in [3.63, 3.8) is 0 Å². The molecule has 0 saturated carbocycles. The fourth-order valence-corrected chi connectivity index (χ4v) is 1.79. The van der Waals surface area contributed by atoms with Crippen LogP contribution in [0.4, 0.5) is 13.2 Å². The second-order valence-electron chi connectivity index (χ2n) is 3.93. The Labute approximate surface area is 95.3 Å². The van der Waals surface area contributed by atoms with Crippen LogP contribution in [0.1, 0.15) is 6.92 Å². The molecule has 1 fully saturated rings. The van der Waals surface area contributed by atoms with Gasteiger partial charge in [0.1, 0.15) is 5.16 Å². The maximum Gasteiger partial charge on any atom is 0.412 e. The number of hydrogen-bond donors (Lipinski definition) is 1. The molecule has 0 radical (unpaired) electrons. The van der Waals surface area contributed by atoms with Crippen LogP contribution in [-0.4, -0.2) is 29.1 Å². The maximum absolute atomic E-state index is 12.8. The first kappa shape index (κ1) is 11.3. The molecule has 1 saturated heterocycles.